The first-order valence-electron chi connectivity index (χ1n) is 5.09. The van der Waals surface area contributed by atoms with Gasteiger partial charge in [0.1, 0.15) is 0 Å². The molecule has 0 saturated heterocycles. The minimum atomic E-state index is -3.21. The van der Waals surface area contributed by atoms with E-state index in [0.29, 0.717) is 11.3 Å². The third-order valence-electron chi connectivity index (χ3n) is 2.51. The molecule has 5 heteroatoms. The lowest BCUT2D eigenvalue weighted by Gasteiger charge is -2.06. The number of hydrogen-bond donors (Lipinski definition) is 1. The molecular formula is C11H17NO3S. The highest BCUT2D eigenvalue weighted by Gasteiger charge is 2.14. The number of benzene rings is 1. The van der Waals surface area contributed by atoms with Crippen LogP contribution in [0.25, 0.3) is 0 Å². The molecule has 0 aromatic heterocycles. The molecule has 0 unspecified atom stereocenters. The van der Waals surface area contributed by atoms with E-state index in [1.54, 1.807) is 12.1 Å². The second kappa shape index (κ2) is 5.43. The molecular weight excluding hydrogens is 226 g/mol. The predicted molar refractivity (Wildman–Crippen MR) is 62.7 cm³/mol. The molecule has 1 aromatic carbocycles. The maximum atomic E-state index is 11.9. The largest absolute Gasteiger partial charge is 0.305 e. The van der Waals surface area contributed by atoms with E-state index >= 15 is 0 Å². The van der Waals surface area contributed by atoms with E-state index < -0.39 is 9.84 Å². The summed E-state index contributed by atoms with van der Waals surface area (Å²) < 4.78 is 23.7. The molecule has 0 fully saturated rings. The average Bonchev–Trinajstić information content (AvgIpc) is 2.22. The third kappa shape index (κ3) is 3.30. The van der Waals surface area contributed by atoms with Crippen LogP contribution in [-0.2, 0) is 14.7 Å². The lowest BCUT2D eigenvalue weighted by molar-refractivity contribution is 0.139. The van der Waals surface area contributed by atoms with Gasteiger partial charge in [-0.1, -0.05) is 6.07 Å². The smallest absolute Gasteiger partial charge is 0.178 e. The molecule has 0 aliphatic rings. The second-order valence-corrected chi connectivity index (χ2v) is 5.90. The van der Waals surface area contributed by atoms with E-state index in [4.69, 9.17) is 5.90 Å². The SMILES string of the molecule is Cc1ccc(S(=O)(=O)CCCON)cc1C. The van der Waals surface area contributed by atoms with Gasteiger partial charge in [0.2, 0.25) is 0 Å². The maximum absolute atomic E-state index is 11.9. The van der Waals surface area contributed by atoms with Gasteiger partial charge in [-0.2, -0.15) is 0 Å². The summed E-state index contributed by atoms with van der Waals surface area (Å²) in [7, 11) is -3.21. The van der Waals surface area contributed by atoms with Crippen LogP contribution < -0.4 is 5.90 Å². The van der Waals surface area contributed by atoms with Gasteiger partial charge in [-0.3, -0.25) is 0 Å². The van der Waals surface area contributed by atoms with Crippen LogP contribution in [0.4, 0.5) is 0 Å². The van der Waals surface area contributed by atoms with E-state index in [2.05, 4.69) is 4.84 Å². The van der Waals surface area contributed by atoms with Crippen LogP contribution in [0.15, 0.2) is 23.1 Å². The second-order valence-electron chi connectivity index (χ2n) is 3.79. The number of aryl methyl sites for hydroxylation is 2. The average molecular weight is 243 g/mol. The Kier molecular flexibility index (Phi) is 4.46. The van der Waals surface area contributed by atoms with Crippen LogP contribution >= 0.6 is 0 Å². The van der Waals surface area contributed by atoms with Crippen LogP contribution in [0.2, 0.25) is 0 Å². The molecule has 0 saturated carbocycles. The Labute approximate surface area is 96.3 Å². The molecule has 2 N–H and O–H groups in total. The Hall–Kier alpha value is -0.910. The van der Waals surface area contributed by atoms with Crippen molar-refractivity contribution in [2.24, 2.45) is 5.90 Å². The van der Waals surface area contributed by atoms with Gasteiger partial charge in [0, 0.05) is 0 Å². The standard InChI is InChI=1S/C11H17NO3S/c1-9-4-5-11(8-10(9)2)16(13,14)7-3-6-15-12/h4-5,8H,3,6-7,12H2,1-2H3. The van der Waals surface area contributed by atoms with E-state index in [0.717, 1.165) is 11.1 Å². The van der Waals surface area contributed by atoms with Crippen LogP contribution in [0.3, 0.4) is 0 Å². The Balaban J connectivity index is 2.86. The van der Waals surface area contributed by atoms with E-state index in [1.807, 2.05) is 19.9 Å². The quantitative estimate of drug-likeness (QED) is 0.626. The number of nitrogens with two attached hydrogens (primary N) is 1. The summed E-state index contributed by atoms with van der Waals surface area (Å²) in [6.45, 7) is 4.11. The summed E-state index contributed by atoms with van der Waals surface area (Å²) in [5.74, 6) is 4.91. The Morgan fingerprint density at radius 3 is 2.50 bits per heavy atom. The van der Waals surface area contributed by atoms with Gasteiger partial charge < -0.3 is 4.84 Å². The van der Waals surface area contributed by atoms with Gasteiger partial charge >= 0.3 is 0 Å². The van der Waals surface area contributed by atoms with Crippen molar-refractivity contribution in [1.82, 2.24) is 0 Å². The first-order valence-corrected chi connectivity index (χ1v) is 6.74. The summed E-state index contributed by atoms with van der Waals surface area (Å²) in [6, 6.07) is 5.16. The van der Waals surface area contributed by atoms with Crippen molar-refractivity contribution in [3.8, 4) is 0 Å². The first kappa shape index (κ1) is 13.2. The fourth-order valence-electron chi connectivity index (χ4n) is 1.36. The Bertz CT molecular complexity index is 454. The van der Waals surface area contributed by atoms with Gasteiger partial charge in [0.25, 0.3) is 0 Å². The van der Waals surface area contributed by atoms with Crippen molar-refractivity contribution < 1.29 is 13.3 Å². The molecule has 0 aliphatic carbocycles. The molecule has 90 valence electrons. The summed E-state index contributed by atoms with van der Waals surface area (Å²) in [5, 5.41) is 0. The molecule has 4 nitrogen and oxygen atoms in total. The van der Waals surface area contributed by atoms with Gasteiger partial charge in [0.15, 0.2) is 9.84 Å². The van der Waals surface area contributed by atoms with Gasteiger partial charge in [-0.05, 0) is 43.5 Å². The summed E-state index contributed by atoms with van der Waals surface area (Å²) in [6.07, 6.45) is 0.408. The highest BCUT2D eigenvalue weighted by Crippen LogP contribution is 2.16. The lowest BCUT2D eigenvalue weighted by atomic mass is 10.1. The highest BCUT2D eigenvalue weighted by molar-refractivity contribution is 7.91. The highest BCUT2D eigenvalue weighted by atomic mass is 32.2. The Morgan fingerprint density at radius 2 is 1.94 bits per heavy atom. The van der Waals surface area contributed by atoms with Crippen LogP contribution in [0.5, 0.6) is 0 Å². The lowest BCUT2D eigenvalue weighted by Crippen LogP contribution is -2.11. The van der Waals surface area contributed by atoms with Crippen LogP contribution in [0, 0.1) is 13.8 Å². The number of rotatable bonds is 5. The number of sulfone groups is 1. The van der Waals surface area contributed by atoms with Crippen molar-refractivity contribution >= 4 is 9.84 Å². The van der Waals surface area contributed by atoms with E-state index in [-0.39, 0.29) is 12.4 Å². The summed E-state index contributed by atoms with van der Waals surface area (Å²) >= 11 is 0. The third-order valence-corrected chi connectivity index (χ3v) is 4.31. The zero-order chi connectivity index (χ0) is 12.2. The molecule has 1 aromatic rings. The van der Waals surface area contributed by atoms with Crippen molar-refractivity contribution in [3.05, 3.63) is 29.3 Å². The van der Waals surface area contributed by atoms with Gasteiger partial charge in [0.05, 0.1) is 17.3 Å². The zero-order valence-electron chi connectivity index (χ0n) is 9.56. The maximum Gasteiger partial charge on any atom is 0.178 e. The molecule has 0 aliphatic heterocycles. The molecule has 0 radical (unpaired) electrons. The van der Waals surface area contributed by atoms with Crippen molar-refractivity contribution in [1.29, 1.82) is 0 Å². The topological polar surface area (TPSA) is 69.4 Å². The minimum absolute atomic E-state index is 0.0622. The fraction of sp³-hybridized carbons (Fsp3) is 0.455. The van der Waals surface area contributed by atoms with Crippen molar-refractivity contribution in [2.75, 3.05) is 12.4 Å². The van der Waals surface area contributed by atoms with E-state index in [1.165, 1.54) is 0 Å². The number of hydrogen-bond acceptors (Lipinski definition) is 4. The molecule has 0 atom stereocenters. The fourth-order valence-corrected chi connectivity index (χ4v) is 2.72. The Morgan fingerprint density at radius 1 is 1.25 bits per heavy atom. The molecule has 1 rings (SSSR count). The van der Waals surface area contributed by atoms with Crippen molar-refractivity contribution in [3.63, 3.8) is 0 Å². The van der Waals surface area contributed by atoms with Gasteiger partial charge in [-0.15, -0.1) is 0 Å². The summed E-state index contributed by atoms with van der Waals surface area (Å²) in [5.41, 5.74) is 2.07. The normalized spacial score (nSPS) is 11.7. The van der Waals surface area contributed by atoms with Crippen molar-refractivity contribution in [2.45, 2.75) is 25.2 Å². The molecule has 0 heterocycles. The molecule has 0 spiro atoms. The van der Waals surface area contributed by atoms with Crippen LogP contribution in [-0.4, -0.2) is 20.8 Å². The van der Waals surface area contributed by atoms with Gasteiger partial charge in [-0.25, -0.2) is 14.3 Å². The molecule has 0 amide bonds. The monoisotopic (exact) mass is 243 g/mol. The zero-order valence-corrected chi connectivity index (χ0v) is 10.4. The predicted octanol–water partition coefficient (Wildman–Crippen LogP) is 1.36. The van der Waals surface area contributed by atoms with E-state index in [9.17, 15) is 8.42 Å². The molecule has 0 bridgehead atoms. The van der Waals surface area contributed by atoms with Crippen LogP contribution in [0.1, 0.15) is 17.5 Å². The first-order chi connectivity index (χ1) is 7.47. The minimum Gasteiger partial charge on any atom is -0.305 e. The molecule has 16 heavy (non-hydrogen) atoms. The summed E-state index contributed by atoms with van der Waals surface area (Å²) in [4.78, 5) is 4.72.